The molecule has 0 aliphatic rings. The predicted octanol–water partition coefficient (Wildman–Crippen LogP) is 3.80. The van der Waals surface area contributed by atoms with Crippen LogP contribution in [0.15, 0.2) is 12.1 Å². The zero-order chi connectivity index (χ0) is 18.0. The highest BCUT2D eigenvalue weighted by Gasteiger charge is 2.39. The summed E-state index contributed by atoms with van der Waals surface area (Å²) in [6, 6.07) is 2.98. The van der Waals surface area contributed by atoms with Gasteiger partial charge in [-0.2, -0.15) is 0 Å². The average Bonchev–Trinajstić information content (AvgIpc) is 2.43. The van der Waals surface area contributed by atoms with Gasteiger partial charge in [-0.05, 0) is 35.7 Å². The van der Waals surface area contributed by atoms with Crippen molar-refractivity contribution in [2.24, 2.45) is 0 Å². The molecule has 0 unspecified atom stereocenters. The van der Waals surface area contributed by atoms with E-state index in [-0.39, 0.29) is 21.6 Å². The lowest BCUT2D eigenvalue weighted by Gasteiger charge is -2.35. The van der Waals surface area contributed by atoms with Crippen molar-refractivity contribution in [2.75, 3.05) is 7.11 Å². The molecule has 0 atom stereocenters. The van der Waals surface area contributed by atoms with E-state index >= 15 is 0 Å². The summed E-state index contributed by atoms with van der Waals surface area (Å²) < 4.78 is 4.72. The van der Waals surface area contributed by atoms with Crippen LogP contribution in [-0.2, 0) is 16.5 Å². The largest absolute Gasteiger partial charge is 0.465 e. The van der Waals surface area contributed by atoms with Gasteiger partial charge in [0.25, 0.3) is 5.69 Å². The Balaban J connectivity index is 3.53. The van der Waals surface area contributed by atoms with Gasteiger partial charge in [0.2, 0.25) is 0 Å². The van der Waals surface area contributed by atoms with Gasteiger partial charge in [0.05, 0.1) is 12.0 Å². The first kappa shape index (κ1) is 19.8. The topological polar surface area (TPSA) is 89.7 Å². The Bertz CT molecular complexity index is 625. The van der Waals surface area contributed by atoms with E-state index in [9.17, 15) is 19.7 Å². The van der Waals surface area contributed by atoms with Crippen LogP contribution in [0.1, 0.15) is 35.3 Å². The lowest BCUT2D eigenvalue weighted by atomic mass is 9.93. The zero-order valence-corrected chi connectivity index (χ0v) is 16.6. The standard InChI is InChI=1S/C15H22BrNO5Si/c1-15(2,23(4,5)21)8-10-6-7-12(17(19)20)13(11(10)9-16)14(18)22-3/h6-7,21H,8-9H2,1-5H3. The van der Waals surface area contributed by atoms with Gasteiger partial charge in [-0.15, -0.1) is 0 Å². The third-order valence-electron chi connectivity index (χ3n) is 4.40. The first-order chi connectivity index (χ1) is 10.5. The number of nitro groups is 1. The monoisotopic (exact) mass is 403 g/mol. The molecule has 1 N–H and O–H groups in total. The van der Waals surface area contributed by atoms with Crippen molar-refractivity contribution in [1.82, 2.24) is 0 Å². The summed E-state index contributed by atoms with van der Waals surface area (Å²) in [4.78, 5) is 33.1. The maximum Gasteiger partial charge on any atom is 0.345 e. The van der Waals surface area contributed by atoms with Gasteiger partial charge >= 0.3 is 5.97 Å². The van der Waals surface area contributed by atoms with Gasteiger partial charge in [0.15, 0.2) is 8.32 Å². The molecule has 128 valence electrons. The van der Waals surface area contributed by atoms with E-state index in [0.29, 0.717) is 12.0 Å². The fraction of sp³-hybridized carbons (Fsp3) is 0.533. The van der Waals surface area contributed by atoms with Gasteiger partial charge in [0, 0.05) is 11.4 Å². The molecule has 0 amide bonds. The fourth-order valence-electron chi connectivity index (χ4n) is 2.17. The number of nitro benzene ring substituents is 1. The van der Waals surface area contributed by atoms with E-state index in [1.165, 1.54) is 13.2 Å². The fourth-order valence-corrected chi connectivity index (χ4v) is 3.43. The number of hydrogen-bond donors (Lipinski definition) is 1. The van der Waals surface area contributed by atoms with E-state index < -0.39 is 19.2 Å². The van der Waals surface area contributed by atoms with Crippen molar-refractivity contribution in [1.29, 1.82) is 0 Å². The van der Waals surface area contributed by atoms with Crippen molar-refractivity contribution in [3.8, 4) is 0 Å². The van der Waals surface area contributed by atoms with Crippen LogP contribution in [0.5, 0.6) is 0 Å². The third-order valence-corrected chi connectivity index (χ3v) is 8.45. The Morgan fingerprint density at radius 2 is 2.00 bits per heavy atom. The number of halogens is 1. The summed E-state index contributed by atoms with van der Waals surface area (Å²) in [5.74, 6) is -0.730. The molecule has 0 saturated carbocycles. The van der Waals surface area contributed by atoms with Crippen molar-refractivity contribution < 1.29 is 19.3 Å². The van der Waals surface area contributed by atoms with Crippen LogP contribution in [0.4, 0.5) is 5.69 Å². The number of esters is 1. The second-order valence-corrected chi connectivity index (χ2v) is 11.6. The van der Waals surface area contributed by atoms with Crippen molar-refractivity contribution in [2.45, 2.75) is 43.7 Å². The smallest absolute Gasteiger partial charge is 0.345 e. The van der Waals surface area contributed by atoms with E-state index in [4.69, 9.17) is 4.74 Å². The molecule has 0 bridgehead atoms. The maximum absolute atomic E-state index is 12.0. The predicted molar refractivity (Wildman–Crippen MR) is 94.5 cm³/mol. The lowest BCUT2D eigenvalue weighted by Crippen LogP contribution is -2.40. The SMILES string of the molecule is COC(=O)c1c([N+](=O)[O-])ccc(CC(C)(C)[Si](C)(C)O)c1CBr. The second kappa shape index (κ2) is 7.10. The lowest BCUT2D eigenvalue weighted by molar-refractivity contribution is -0.385. The molecule has 0 saturated heterocycles. The van der Waals surface area contributed by atoms with Gasteiger partial charge < -0.3 is 9.53 Å². The number of carbonyl (C=O) groups is 1. The molecule has 1 rings (SSSR count). The van der Waals surface area contributed by atoms with E-state index in [2.05, 4.69) is 15.9 Å². The summed E-state index contributed by atoms with van der Waals surface area (Å²) in [7, 11) is -1.26. The Labute approximate surface area is 145 Å². The molecule has 0 aromatic heterocycles. The number of methoxy groups -OCH3 is 1. The minimum atomic E-state index is -2.46. The Hall–Kier alpha value is -1.25. The molecule has 0 radical (unpaired) electrons. The summed E-state index contributed by atoms with van der Waals surface area (Å²) in [5, 5.41) is 11.2. The molecule has 1 aromatic carbocycles. The van der Waals surface area contributed by atoms with Gasteiger partial charge in [-0.25, -0.2) is 4.79 Å². The first-order valence-corrected chi connectivity index (χ1v) is 11.2. The van der Waals surface area contributed by atoms with Crippen LogP contribution in [0.3, 0.4) is 0 Å². The highest BCUT2D eigenvalue weighted by molar-refractivity contribution is 9.08. The zero-order valence-electron chi connectivity index (χ0n) is 14.0. The molecule has 1 aromatic rings. The maximum atomic E-state index is 12.0. The van der Waals surface area contributed by atoms with Gasteiger partial charge in [-0.1, -0.05) is 35.8 Å². The highest BCUT2D eigenvalue weighted by Crippen LogP contribution is 2.41. The Morgan fingerprint density at radius 3 is 2.39 bits per heavy atom. The van der Waals surface area contributed by atoms with Crippen LogP contribution in [0.2, 0.25) is 18.1 Å². The molecular formula is C15H22BrNO5Si. The average molecular weight is 404 g/mol. The molecule has 0 heterocycles. The number of alkyl halides is 1. The summed E-state index contributed by atoms with van der Waals surface area (Å²) >= 11 is 3.32. The third kappa shape index (κ3) is 4.18. The van der Waals surface area contributed by atoms with E-state index in [1.807, 2.05) is 26.9 Å². The van der Waals surface area contributed by atoms with Crippen LogP contribution in [-0.4, -0.2) is 31.1 Å². The van der Waals surface area contributed by atoms with Crippen LogP contribution >= 0.6 is 15.9 Å². The van der Waals surface area contributed by atoms with Gasteiger partial charge in [0.1, 0.15) is 5.56 Å². The molecule has 23 heavy (non-hydrogen) atoms. The minimum absolute atomic E-state index is 0.0277. The van der Waals surface area contributed by atoms with Crippen LogP contribution in [0.25, 0.3) is 0 Å². The van der Waals surface area contributed by atoms with Crippen molar-refractivity contribution in [3.05, 3.63) is 38.9 Å². The molecule has 0 fully saturated rings. The summed E-state index contributed by atoms with van der Waals surface area (Å²) in [6.45, 7) is 7.65. The number of hydrogen-bond acceptors (Lipinski definition) is 5. The number of ether oxygens (including phenoxy) is 1. The van der Waals surface area contributed by atoms with Crippen molar-refractivity contribution in [3.63, 3.8) is 0 Å². The molecule has 0 spiro atoms. The quantitative estimate of drug-likeness (QED) is 0.256. The van der Waals surface area contributed by atoms with Crippen LogP contribution < -0.4 is 0 Å². The first-order valence-electron chi connectivity index (χ1n) is 7.12. The Kier molecular flexibility index (Phi) is 6.11. The second-order valence-electron chi connectivity index (χ2n) is 6.60. The van der Waals surface area contributed by atoms with E-state index in [1.54, 1.807) is 6.07 Å². The van der Waals surface area contributed by atoms with Crippen LogP contribution in [0, 0.1) is 10.1 Å². The molecule has 8 heteroatoms. The number of carbonyl (C=O) groups excluding carboxylic acids is 1. The number of benzene rings is 1. The highest BCUT2D eigenvalue weighted by atomic mass is 79.9. The number of rotatable bonds is 6. The number of nitrogens with zero attached hydrogens (tertiary/aromatic N) is 1. The Morgan fingerprint density at radius 1 is 1.43 bits per heavy atom. The molecule has 6 nitrogen and oxygen atoms in total. The summed E-state index contributed by atoms with van der Waals surface area (Å²) in [5.41, 5.74) is 1.04. The molecular weight excluding hydrogens is 382 g/mol. The van der Waals surface area contributed by atoms with E-state index in [0.717, 1.165) is 5.56 Å². The van der Waals surface area contributed by atoms with Gasteiger partial charge in [-0.3, -0.25) is 10.1 Å². The molecule has 0 aliphatic carbocycles. The normalized spacial score (nSPS) is 12.1. The summed E-state index contributed by atoms with van der Waals surface area (Å²) in [6.07, 6.45) is 0.519. The van der Waals surface area contributed by atoms with Crippen molar-refractivity contribution >= 4 is 35.9 Å². The minimum Gasteiger partial charge on any atom is -0.465 e. The molecule has 0 aliphatic heterocycles.